The highest BCUT2D eigenvalue weighted by Gasteiger charge is 2.15. The van der Waals surface area contributed by atoms with Gasteiger partial charge >= 0.3 is 0 Å². The number of rotatable bonds is 16. The Bertz CT molecular complexity index is 339. The SMILES string of the molecule is CCCCCCCCCCCCCCC=CCC1=NC(CO)CO1. The van der Waals surface area contributed by atoms with Crippen LogP contribution in [-0.2, 0) is 4.74 Å². The van der Waals surface area contributed by atoms with Crippen LogP contribution in [0.1, 0.15) is 96.8 Å². The molecule has 1 heterocycles. The molecule has 0 saturated heterocycles. The van der Waals surface area contributed by atoms with E-state index in [9.17, 15) is 0 Å². The lowest BCUT2D eigenvalue weighted by Crippen LogP contribution is -2.10. The van der Waals surface area contributed by atoms with Gasteiger partial charge in [0.25, 0.3) is 0 Å². The molecule has 1 N–H and O–H groups in total. The van der Waals surface area contributed by atoms with E-state index in [0.29, 0.717) is 6.61 Å². The van der Waals surface area contributed by atoms with E-state index in [-0.39, 0.29) is 12.6 Å². The van der Waals surface area contributed by atoms with Gasteiger partial charge in [-0.15, -0.1) is 0 Å². The van der Waals surface area contributed by atoms with E-state index in [1.807, 2.05) is 0 Å². The van der Waals surface area contributed by atoms with E-state index < -0.39 is 0 Å². The maximum Gasteiger partial charge on any atom is 0.187 e. The second kappa shape index (κ2) is 15.7. The molecule has 0 fully saturated rings. The molecule has 1 aliphatic rings. The summed E-state index contributed by atoms with van der Waals surface area (Å²) in [7, 11) is 0. The monoisotopic (exact) mass is 337 g/mol. The Labute approximate surface area is 149 Å². The number of unbranched alkanes of at least 4 members (excludes halogenated alkanes) is 12. The van der Waals surface area contributed by atoms with Crippen LogP contribution in [0, 0.1) is 0 Å². The lowest BCUT2D eigenvalue weighted by molar-refractivity contribution is 0.226. The number of aliphatic hydroxyl groups is 1. The maximum absolute atomic E-state index is 8.98. The number of hydrogen-bond acceptors (Lipinski definition) is 3. The minimum Gasteiger partial charge on any atom is -0.478 e. The first-order valence-corrected chi connectivity index (χ1v) is 10.3. The number of nitrogens with zero attached hydrogens (tertiary/aromatic N) is 1. The van der Waals surface area contributed by atoms with E-state index >= 15 is 0 Å². The fourth-order valence-electron chi connectivity index (χ4n) is 3.08. The molecule has 1 rings (SSSR count). The van der Waals surface area contributed by atoms with E-state index in [1.54, 1.807) is 0 Å². The Kier molecular flexibility index (Phi) is 13.9. The number of hydrogen-bond donors (Lipinski definition) is 1. The molecule has 3 heteroatoms. The zero-order valence-electron chi connectivity index (χ0n) is 15.8. The van der Waals surface area contributed by atoms with Crippen molar-refractivity contribution in [3.05, 3.63) is 12.2 Å². The summed E-state index contributed by atoms with van der Waals surface area (Å²) in [5.74, 6) is 0.778. The van der Waals surface area contributed by atoms with Crippen molar-refractivity contribution in [2.45, 2.75) is 103 Å². The summed E-state index contributed by atoms with van der Waals surface area (Å²) in [4.78, 5) is 4.30. The molecule has 0 aromatic heterocycles. The first-order chi connectivity index (χ1) is 11.9. The largest absolute Gasteiger partial charge is 0.478 e. The van der Waals surface area contributed by atoms with Crippen molar-refractivity contribution >= 4 is 5.90 Å². The van der Waals surface area contributed by atoms with Gasteiger partial charge in [-0.1, -0.05) is 89.7 Å². The molecule has 0 aliphatic carbocycles. The molecule has 0 saturated carbocycles. The normalized spacial score (nSPS) is 17.4. The summed E-state index contributed by atoms with van der Waals surface area (Å²) < 4.78 is 5.41. The molecule has 0 radical (unpaired) electrons. The number of ether oxygens (including phenoxy) is 1. The fraction of sp³-hybridized carbons (Fsp3) is 0.857. The Balaban J connectivity index is 1.78. The zero-order chi connectivity index (χ0) is 17.3. The lowest BCUT2D eigenvalue weighted by atomic mass is 10.0. The van der Waals surface area contributed by atoms with Crippen LogP contribution in [0.5, 0.6) is 0 Å². The van der Waals surface area contributed by atoms with Crippen molar-refractivity contribution < 1.29 is 9.84 Å². The van der Waals surface area contributed by atoms with E-state index in [4.69, 9.17) is 9.84 Å². The van der Waals surface area contributed by atoms with Crippen molar-refractivity contribution in [2.24, 2.45) is 4.99 Å². The predicted molar refractivity (Wildman–Crippen MR) is 104 cm³/mol. The van der Waals surface area contributed by atoms with Gasteiger partial charge in [0.15, 0.2) is 5.90 Å². The third-order valence-electron chi connectivity index (χ3n) is 4.66. The highest BCUT2D eigenvalue weighted by atomic mass is 16.5. The van der Waals surface area contributed by atoms with Crippen LogP contribution in [0.2, 0.25) is 0 Å². The van der Waals surface area contributed by atoms with Crippen molar-refractivity contribution in [3.8, 4) is 0 Å². The molecule has 0 bridgehead atoms. The van der Waals surface area contributed by atoms with Gasteiger partial charge in [-0.3, -0.25) is 0 Å². The molecular weight excluding hydrogens is 298 g/mol. The highest BCUT2D eigenvalue weighted by Crippen LogP contribution is 2.13. The van der Waals surface area contributed by atoms with E-state index in [1.165, 1.54) is 77.0 Å². The first kappa shape index (κ1) is 21.2. The summed E-state index contributed by atoms with van der Waals surface area (Å²) in [6.45, 7) is 2.91. The van der Waals surface area contributed by atoms with Crippen LogP contribution in [0.25, 0.3) is 0 Å². The maximum atomic E-state index is 8.98. The summed E-state index contributed by atoms with van der Waals surface area (Å²) in [5, 5.41) is 8.98. The van der Waals surface area contributed by atoms with Gasteiger partial charge in [-0.25, -0.2) is 4.99 Å². The fourth-order valence-corrected chi connectivity index (χ4v) is 3.08. The van der Waals surface area contributed by atoms with Crippen molar-refractivity contribution in [1.29, 1.82) is 0 Å². The Morgan fingerprint density at radius 2 is 1.50 bits per heavy atom. The minimum absolute atomic E-state index is 0.0373. The average Bonchev–Trinajstić information content (AvgIpc) is 3.06. The summed E-state index contributed by atoms with van der Waals surface area (Å²) >= 11 is 0. The molecule has 1 aliphatic heterocycles. The van der Waals surface area contributed by atoms with Crippen LogP contribution in [0.4, 0.5) is 0 Å². The number of aliphatic hydroxyl groups excluding tert-OH is 1. The van der Waals surface area contributed by atoms with Crippen molar-refractivity contribution in [3.63, 3.8) is 0 Å². The lowest BCUT2D eigenvalue weighted by Gasteiger charge is -2.02. The van der Waals surface area contributed by atoms with Crippen LogP contribution >= 0.6 is 0 Å². The molecule has 1 atom stereocenters. The standard InChI is InChI=1S/C21H39NO2/c1-2-3-4-5-6-7-8-9-10-11-12-13-14-15-16-17-21-22-20(18-23)19-24-21/h15-16,20,23H,2-14,17-19H2,1H3. The molecule has 0 aromatic carbocycles. The zero-order valence-corrected chi connectivity index (χ0v) is 15.8. The Hall–Kier alpha value is -0.830. The summed E-state index contributed by atoms with van der Waals surface area (Å²) in [5.41, 5.74) is 0. The van der Waals surface area contributed by atoms with Crippen LogP contribution in [-0.4, -0.2) is 30.3 Å². The first-order valence-electron chi connectivity index (χ1n) is 10.3. The van der Waals surface area contributed by atoms with Gasteiger partial charge in [-0.05, 0) is 12.8 Å². The van der Waals surface area contributed by atoms with Gasteiger partial charge < -0.3 is 9.84 Å². The second-order valence-electron chi connectivity index (χ2n) is 7.02. The Morgan fingerprint density at radius 3 is 2.04 bits per heavy atom. The third-order valence-corrected chi connectivity index (χ3v) is 4.66. The topological polar surface area (TPSA) is 41.8 Å². The minimum atomic E-state index is -0.0373. The molecule has 1 unspecified atom stereocenters. The van der Waals surface area contributed by atoms with Crippen molar-refractivity contribution in [1.82, 2.24) is 0 Å². The molecule has 140 valence electrons. The predicted octanol–water partition coefficient (Wildman–Crippen LogP) is 5.81. The molecule has 0 aromatic rings. The van der Waals surface area contributed by atoms with Gasteiger partial charge in [0.05, 0.1) is 6.61 Å². The van der Waals surface area contributed by atoms with Crippen LogP contribution < -0.4 is 0 Å². The van der Waals surface area contributed by atoms with Crippen LogP contribution in [0.15, 0.2) is 17.1 Å². The number of aliphatic imine (C=N–C) groups is 1. The third kappa shape index (κ3) is 11.7. The summed E-state index contributed by atoms with van der Waals surface area (Å²) in [6, 6.07) is -0.0373. The molecule has 24 heavy (non-hydrogen) atoms. The molecule has 0 spiro atoms. The van der Waals surface area contributed by atoms with Gasteiger partial charge in [0, 0.05) is 6.42 Å². The van der Waals surface area contributed by atoms with E-state index in [2.05, 4.69) is 24.1 Å². The molecule has 3 nitrogen and oxygen atoms in total. The van der Waals surface area contributed by atoms with Gasteiger partial charge in [0.2, 0.25) is 0 Å². The van der Waals surface area contributed by atoms with Gasteiger partial charge in [-0.2, -0.15) is 0 Å². The smallest absolute Gasteiger partial charge is 0.187 e. The molecule has 0 amide bonds. The number of allylic oxidation sites excluding steroid dienone is 1. The van der Waals surface area contributed by atoms with Crippen LogP contribution in [0.3, 0.4) is 0 Å². The molecular formula is C21H39NO2. The Morgan fingerprint density at radius 1 is 0.917 bits per heavy atom. The highest BCUT2D eigenvalue weighted by molar-refractivity contribution is 5.79. The summed E-state index contributed by atoms with van der Waals surface area (Å²) in [6.07, 6.45) is 23.2. The van der Waals surface area contributed by atoms with Crippen molar-refractivity contribution in [2.75, 3.05) is 13.2 Å². The van der Waals surface area contributed by atoms with E-state index in [0.717, 1.165) is 18.7 Å². The average molecular weight is 338 g/mol. The second-order valence-corrected chi connectivity index (χ2v) is 7.02. The van der Waals surface area contributed by atoms with Gasteiger partial charge in [0.1, 0.15) is 12.6 Å². The quantitative estimate of drug-likeness (QED) is 0.285.